The van der Waals surface area contributed by atoms with Crippen molar-refractivity contribution in [2.24, 2.45) is 0 Å². The standard InChI is InChI=1S/C14H22N2O3/c1-11(18)16-14-6-4-3-5-12(14)9-15-13(7-8-17)10-19-2/h3-6,13,15,17H,7-10H2,1-2H3,(H,16,18). The molecular weight excluding hydrogens is 244 g/mol. The zero-order valence-electron chi connectivity index (χ0n) is 11.5. The Morgan fingerprint density at radius 2 is 2.16 bits per heavy atom. The van der Waals surface area contributed by atoms with Crippen LogP contribution >= 0.6 is 0 Å². The summed E-state index contributed by atoms with van der Waals surface area (Å²) in [6.07, 6.45) is 0.635. The van der Waals surface area contributed by atoms with Crippen LogP contribution in [-0.4, -0.2) is 37.4 Å². The first kappa shape index (κ1) is 15.6. The largest absolute Gasteiger partial charge is 0.396 e. The van der Waals surface area contributed by atoms with Crippen molar-refractivity contribution in [2.45, 2.75) is 25.9 Å². The number of methoxy groups -OCH3 is 1. The summed E-state index contributed by atoms with van der Waals surface area (Å²) < 4.78 is 5.10. The SMILES string of the molecule is COCC(CCO)NCc1ccccc1NC(C)=O. The molecule has 0 bridgehead atoms. The average molecular weight is 266 g/mol. The summed E-state index contributed by atoms with van der Waals surface area (Å²) in [7, 11) is 1.64. The van der Waals surface area contributed by atoms with Gasteiger partial charge in [-0.2, -0.15) is 0 Å². The van der Waals surface area contributed by atoms with Gasteiger partial charge in [-0.25, -0.2) is 0 Å². The highest BCUT2D eigenvalue weighted by Crippen LogP contribution is 2.15. The second kappa shape index (κ2) is 8.63. The first-order valence-electron chi connectivity index (χ1n) is 6.36. The number of hydrogen-bond acceptors (Lipinski definition) is 4. The molecule has 0 saturated carbocycles. The lowest BCUT2D eigenvalue weighted by atomic mass is 10.1. The maximum atomic E-state index is 11.1. The molecule has 1 aromatic rings. The van der Waals surface area contributed by atoms with Crippen molar-refractivity contribution in [3.8, 4) is 0 Å². The van der Waals surface area contributed by atoms with Crippen LogP contribution in [0.3, 0.4) is 0 Å². The Balaban J connectivity index is 2.62. The molecular formula is C14H22N2O3. The van der Waals surface area contributed by atoms with Crippen molar-refractivity contribution in [3.05, 3.63) is 29.8 Å². The van der Waals surface area contributed by atoms with Crippen LogP contribution in [0.4, 0.5) is 5.69 Å². The molecule has 0 spiro atoms. The van der Waals surface area contributed by atoms with E-state index in [1.54, 1.807) is 7.11 Å². The molecule has 1 amide bonds. The zero-order chi connectivity index (χ0) is 14.1. The van der Waals surface area contributed by atoms with Gasteiger partial charge in [0.25, 0.3) is 0 Å². The average Bonchev–Trinajstić information content (AvgIpc) is 2.37. The number of para-hydroxylation sites is 1. The van der Waals surface area contributed by atoms with Gasteiger partial charge in [0.15, 0.2) is 0 Å². The van der Waals surface area contributed by atoms with Crippen LogP contribution in [0.2, 0.25) is 0 Å². The number of carbonyl (C=O) groups is 1. The fraction of sp³-hybridized carbons (Fsp3) is 0.500. The lowest BCUT2D eigenvalue weighted by Gasteiger charge is -2.18. The lowest BCUT2D eigenvalue weighted by molar-refractivity contribution is -0.114. The number of hydrogen-bond donors (Lipinski definition) is 3. The summed E-state index contributed by atoms with van der Waals surface area (Å²) in [6, 6.07) is 7.74. The molecule has 0 fully saturated rings. The maximum Gasteiger partial charge on any atom is 0.221 e. The molecule has 0 aromatic heterocycles. The molecule has 19 heavy (non-hydrogen) atoms. The van der Waals surface area contributed by atoms with Gasteiger partial charge in [0.2, 0.25) is 5.91 Å². The van der Waals surface area contributed by atoms with Crippen molar-refractivity contribution in [3.63, 3.8) is 0 Å². The molecule has 0 aliphatic heterocycles. The van der Waals surface area contributed by atoms with Gasteiger partial charge in [0, 0.05) is 38.9 Å². The van der Waals surface area contributed by atoms with E-state index < -0.39 is 0 Å². The molecule has 5 heteroatoms. The Morgan fingerprint density at radius 3 is 2.79 bits per heavy atom. The van der Waals surface area contributed by atoms with Crippen LogP contribution < -0.4 is 10.6 Å². The van der Waals surface area contributed by atoms with Gasteiger partial charge >= 0.3 is 0 Å². The number of rotatable bonds is 8. The Kier molecular flexibility index (Phi) is 7.10. The van der Waals surface area contributed by atoms with Gasteiger partial charge in [0.1, 0.15) is 0 Å². The van der Waals surface area contributed by atoms with E-state index in [1.165, 1.54) is 6.92 Å². The number of aliphatic hydroxyl groups is 1. The number of aliphatic hydroxyl groups excluding tert-OH is 1. The fourth-order valence-electron chi connectivity index (χ4n) is 1.84. The first-order chi connectivity index (χ1) is 9.17. The van der Waals surface area contributed by atoms with Gasteiger partial charge < -0.3 is 20.5 Å². The van der Waals surface area contributed by atoms with Crippen LogP contribution in [-0.2, 0) is 16.1 Å². The molecule has 1 unspecified atom stereocenters. The number of amides is 1. The molecule has 0 aliphatic rings. The van der Waals surface area contributed by atoms with E-state index in [9.17, 15) is 4.79 Å². The van der Waals surface area contributed by atoms with E-state index in [2.05, 4.69) is 10.6 Å². The molecule has 106 valence electrons. The molecule has 0 heterocycles. The third-order valence-corrected chi connectivity index (χ3v) is 2.75. The lowest BCUT2D eigenvalue weighted by Crippen LogP contribution is -2.33. The topological polar surface area (TPSA) is 70.6 Å². The molecule has 1 atom stereocenters. The minimum Gasteiger partial charge on any atom is -0.396 e. The Hall–Kier alpha value is -1.43. The molecule has 0 aliphatic carbocycles. The minimum absolute atomic E-state index is 0.0868. The highest BCUT2D eigenvalue weighted by atomic mass is 16.5. The summed E-state index contributed by atoms with van der Waals surface area (Å²) in [5, 5.41) is 15.1. The van der Waals surface area contributed by atoms with Gasteiger partial charge in [-0.15, -0.1) is 0 Å². The minimum atomic E-state index is -0.0868. The van der Waals surface area contributed by atoms with E-state index in [-0.39, 0.29) is 18.6 Å². The van der Waals surface area contributed by atoms with E-state index in [0.717, 1.165) is 11.3 Å². The molecule has 0 radical (unpaired) electrons. The third kappa shape index (κ3) is 5.83. The monoisotopic (exact) mass is 266 g/mol. The number of benzene rings is 1. The molecule has 0 saturated heterocycles. The van der Waals surface area contributed by atoms with E-state index in [1.807, 2.05) is 24.3 Å². The van der Waals surface area contributed by atoms with Gasteiger partial charge in [0.05, 0.1) is 6.61 Å². The van der Waals surface area contributed by atoms with Gasteiger partial charge in [-0.1, -0.05) is 18.2 Å². The molecule has 1 rings (SSSR count). The van der Waals surface area contributed by atoms with E-state index >= 15 is 0 Å². The first-order valence-corrected chi connectivity index (χ1v) is 6.36. The normalized spacial score (nSPS) is 12.2. The Bertz CT molecular complexity index is 390. The summed E-state index contributed by atoms with van der Waals surface area (Å²) in [4.78, 5) is 11.1. The van der Waals surface area contributed by atoms with Gasteiger partial charge in [-0.3, -0.25) is 4.79 Å². The van der Waals surface area contributed by atoms with Crippen LogP contribution in [0.5, 0.6) is 0 Å². The number of nitrogens with one attached hydrogen (secondary N) is 2. The van der Waals surface area contributed by atoms with Crippen LogP contribution in [0.15, 0.2) is 24.3 Å². The predicted octanol–water partition coefficient (Wildman–Crippen LogP) is 1.13. The Labute approximate surface area is 114 Å². The van der Waals surface area contributed by atoms with Crippen molar-refractivity contribution in [1.82, 2.24) is 5.32 Å². The van der Waals surface area contributed by atoms with Crippen LogP contribution in [0.25, 0.3) is 0 Å². The highest BCUT2D eigenvalue weighted by Gasteiger charge is 2.09. The van der Waals surface area contributed by atoms with Crippen LogP contribution in [0.1, 0.15) is 18.9 Å². The fourth-order valence-corrected chi connectivity index (χ4v) is 1.84. The molecule has 3 N–H and O–H groups in total. The summed E-state index contributed by atoms with van der Waals surface area (Å²) in [5.41, 5.74) is 1.82. The van der Waals surface area contributed by atoms with Crippen LogP contribution in [0, 0.1) is 0 Å². The van der Waals surface area contributed by atoms with Crippen molar-refractivity contribution >= 4 is 11.6 Å². The highest BCUT2D eigenvalue weighted by molar-refractivity contribution is 5.89. The van der Waals surface area contributed by atoms with Crippen molar-refractivity contribution < 1.29 is 14.6 Å². The van der Waals surface area contributed by atoms with Crippen molar-refractivity contribution in [2.75, 3.05) is 25.6 Å². The van der Waals surface area contributed by atoms with E-state index in [0.29, 0.717) is 19.6 Å². The number of ether oxygens (including phenoxy) is 1. The summed E-state index contributed by atoms with van der Waals surface area (Å²) >= 11 is 0. The molecule has 5 nitrogen and oxygen atoms in total. The Morgan fingerprint density at radius 1 is 1.42 bits per heavy atom. The second-order valence-corrected chi connectivity index (χ2v) is 4.38. The summed E-state index contributed by atoms with van der Waals surface area (Å²) in [5.74, 6) is -0.0868. The van der Waals surface area contributed by atoms with Crippen molar-refractivity contribution in [1.29, 1.82) is 0 Å². The van der Waals surface area contributed by atoms with Gasteiger partial charge in [-0.05, 0) is 18.1 Å². The smallest absolute Gasteiger partial charge is 0.221 e. The zero-order valence-corrected chi connectivity index (χ0v) is 11.5. The second-order valence-electron chi connectivity index (χ2n) is 4.38. The predicted molar refractivity (Wildman–Crippen MR) is 75.0 cm³/mol. The number of anilines is 1. The molecule has 1 aromatic carbocycles. The third-order valence-electron chi connectivity index (χ3n) is 2.75. The summed E-state index contributed by atoms with van der Waals surface area (Å²) in [6.45, 7) is 2.77. The maximum absolute atomic E-state index is 11.1. The number of carbonyl (C=O) groups excluding carboxylic acids is 1. The quantitative estimate of drug-likeness (QED) is 0.659. The van der Waals surface area contributed by atoms with E-state index in [4.69, 9.17) is 9.84 Å².